The summed E-state index contributed by atoms with van der Waals surface area (Å²) in [5.74, 6) is -2.42. The summed E-state index contributed by atoms with van der Waals surface area (Å²) in [5.41, 5.74) is 0.301. The summed E-state index contributed by atoms with van der Waals surface area (Å²) < 4.78 is 31.5. The summed E-state index contributed by atoms with van der Waals surface area (Å²) in [7, 11) is 0.536. The average molecular weight is 251 g/mol. The first kappa shape index (κ1) is 12.7. The molecular weight excluding hydrogens is 231 g/mol. The molecule has 5 heteroatoms. The maximum Gasteiger partial charge on any atom is 0.250 e. The first-order valence-corrected chi connectivity index (χ1v) is 7.35. The van der Waals surface area contributed by atoms with Gasteiger partial charge in [-0.2, -0.15) is 0 Å². The molecule has 0 N–H and O–H groups in total. The fourth-order valence-corrected chi connectivity index (χ4v) is 2.71. The van der Waals surface area contributed by atoms with Crippen molar-refractivity contribution in [3.8, 4) is 0 Å². The van der Waals surface area contributed by atoms with Crippen LogP contribution in [0.15, 0.2) is 0 Å². The van der Waals surface area contributed by atoms with Crippen molar-refractivity contribution in [2.45, 2.75) is 31.6 Å². The molecule has 94 valence electrons. The second-order valence-corrected chi connectivity index (χ2v) is 5.82. The molecule has 1 saturated heterocycles. The Bertz CT molecular complexity index is 236. The minimum atomic E-state index is -2.42. The topological polar surface area (TPSA) is 12.5 Å². The van der Waals surface area contributed by atoms with Crippen LogP contribution < -0.4 is 0 Å². The van der Waals surface area contributed by atoms with E-state index in [1.54, 1.807) is 0 Å². The molecule has 1 aliphatic carbocycles. The SMILES string of the molecule is CPOCC1(CN2CCC(F)(F)CC2)CC1. The highest BCUT2D eigenvalue weighted by Gasteiger charge is 2.45. The van der Waals surface area contributed by atoms with Crippen molar-refractivity contribution in [3.05, 3.63) is 0 Å². The van der Waals surface area contributed by atoms with E-state index in [9.17, 15) is 8.78 Å². The highest BCUT2D eigenvalue weighted by Crippen LogP contribution is 2.48. The molecule has 0 spiro atoms. The minimum absolute atomic E-state index is 0.0272. The molecule has 2 nitrogen and oxygen atoms in total. The van der Waals surface area contributed by atoms with Gasteiger partial charge < -0.3 is 9.42 Å². The van der Waals surface area contributed by atoms with Crippen molar-refractivity contribution in [1.29, 1.82) is 0 Å². The lowest BCUT2D eigenvalue weighted by Crippen LogP contribution is -2.42. The standard InChI is InChI=1S/C11H20F2NOP/c1-16-15-9-10(2-3-10)8-14-6-4-11(12,13)5-7-14/h16H,2-9H2,1H3. The second-order valence-electron chi connectivity index (χ2n) is 5.12. The van der Waals surface area contributed by atoms with Crippen LogP contribution in [-0.2, 0) is 4.52 Å². The smallest absolute Gasteiger partial charge is 0.250 e. The summed E-state index contributed by atoms with van der Waals surface area (Å²) in [6.45, 7) is 4.88. The van der Waals surface area contributed by atoms with Gasteiger partial charge in [0.2, 0.25) is 0 Å². The van der Waals surface area contributed by atoms with Gasteiger partial charge in [0, 0.05) is 46.7 Å². The Morgan fingerprint density at radius 3 is 2.31 bits per heavy atom. The molecular formula is C11H20F2NOP. The lowest BCUT2D eigenvalue weighted by atomic mass is 10.0. The van der Waals surface area contributed by atoms with E-state index in [0.29, 0.717) is 27.3 Å². The summed E-state index contributed by atoms with van der Waals surface area (Å²) in [6, 6.07) is 0. The normalized spacial score (nSPS) is 28.7. The zero-order valence-electron chi connectivity index (χ0n) is 9.77. The van der Waals surface area contributed by atoms with Gasteiger partial charge in [-0.1, -0.05) is 0 Å². The summed E-state index contributed by atoms with van der Waals surface area (Å²) >= 11 is 0. The Hall–Kier alpha value is 0.210. The number of halogens is 2. The van der Waals surface area contributed by atoms with Crippen molar-refractivity contribution in [3.63, 3.8) is 0 Å². The number of hydrogen-bond donors (Lipinski definition) is 0. The number of hydrogen-bond acceptors (Lipinski definition) is 2. The van der Waals surface area contributed by atoms with Gasteiger partial charge in [0.15, 0.2) is 0 Å². The van der Waals surface area contributed by atoms with E-state index in [4.69, 9.17) is 4.52 Å². The molecule has 2 rings (SSSR count). The average Bonchev–Trinajstić information content (AvgIpc) is 2.99. The monoisotopic (exact) mass is 251 g/mol. The van der Waals surface area contributed by atoms with Crippen LogP contribution in [0.1, 0.15) is 25.7 Å². The fourth-order valence-electron chi connectivity index (χ4n) is 2.26. The molecule has 0 bridgehead atoms. The van der Waals surface area contributed by atoms with Crippen molar-refractivity contribution in [2.75, 3.05) is 32.9 Å². The van der Waals surface area contributed by atoms with Crippen LogP contribution in [0.4, 0.5) is 8.78 Å². The minimum Gasteiger partial charge on any atom is -0.362 e. The van der Waals surface area contributed by atoms with Crippen LogP contribution in [0.25, 0.3) is 0 Å². The van der Waals surface area contributed by atoms with Gasteiger partial charge in [0.25, 0.3) is 5.92 Å². The Morgan fingerprint density at radius 2 is 1.81 bits per heavy atom. The van der Waals surface area contributed by atoms with E-state index < -0.39 is 5.92 Å². The molecule has 1 unspecified atom stereocenters. The Morgan fingerprint density at radius 1 is 1.19 bits per heavy atom. The van der Waals surface area contributed by atoms with Crippen LogP contribution >= 0.6 is 8.81 Å². The summed E-state index contributed by atoms with van der Waals surface area (Å²) in [4.78, 5) is 2.19. The summed E-state index contributed by atoms with van der Waals surface area (Å²) in [6.07, 6.45) is 2.45. The molecule has 0 radical (unpaired) electrons. The third-order valence-electron chi connectivity index (χ3n) is 3.63. The molecule has 2 fully saturated rings. The lowest BCUT2D eigenvalue weighted by molar-refractivity contribution is -0.0589. The molecule has 1 aliphatic heterocycles. The van der Waals surface area contributed by atoms with Gasteiger partial charge in [-0.3, -0.25) is 0 Å². The predicted octanol–water partition coefficient (Wildman–Crippen LogP) is 2.74. The number of alkyl halides is 2. The molecule has 1 saturated carbocycles. The summed E-state index contributed by atoms with van der Waals surface area (Å²) in [5, 5.41) is 0. The van der Waals surface area contributed by atoms with E-state index in [2.05, 4.69) is 4.90 Å². The first-order chi connectivity index (χ1) is 7.55. The van der Waals surface area contributed by atoms with Crippen LogP contribution in [0.2, 0.25) is 0 Å². The van der Waals surface area contributed by atoms with Crippen molar-refractivity contribution >= 4 is 8.81 Å². The van der Waals surface area contributed by atoms with Gasteiger partial charge >= 0.3 is 0 Å². The number of rotatable bonds is 5. The zero-order valence-corrected chi connectivity index (χ0v) is 10.8. The van der Waals surface area contributed by atoms with Gasteiger partial charge in [-0.25, -0.2) is 8.78 Å². The highest BCUT2D eigenvalue weighted by molar-refractivity contribution is 7.31. The van der Waals surface area contributed by atoms with Crippen molar-refractivity contribution in [1.82, 2.24) is 4.90 Å². The molecule has 0 aromatic rings. The maximum atomic E-state index is 13.0. The van der Waals surface area contributed by atoms with Gasteiger partial charge in [-0.15, -0.1) is 0 Å². The first-order valence-electron chi connectivity index (χ1n) is 5.94. The van der Waals surface area contributed by atoms with E-state index in [1.165, 1.54) is 12.8 Å². The largest absolute Gasteiger partial charge is 0.362 e. The fraction of sp³-hybridized carbons (Fsp3) is 1.00. The molecule has 2 aliphatic rings. The van der Waals surface area contributed by atoms with E-state index in [-0.39, 0.29) is 12.8 Å². The number of likely N-dealkylation sites (tertiary alicyclic amines) is 1. The van der Waals surface area contributed by atoms with Crippen LogP contribution in [0, 0.1) is 5.41 Å². The molecule has 1 atom stereocenters. The van der Waals surface area contributed by atoms with Crippen LogP contribution in [0.3, 0.4) is 0 Å². The predicted molar refractivity (Wildman–Crippen MR) is 62.5 cm³/mol. The highest BCUT2D eigenvalue weighted by atomic mass is 31.1. The van der Waals surface area contributed by atoms with Gasteiger partial charge in [-0.05, 0) is 19.5 Å². The Balaban J connectivity index is 1.74. The zero-order chi connectivity index (χ0) is 11.6. The molecule has 1 heterocycles. The second kappa shape index (κ2) is 4.83. The van der Waals surface area contributed by atoms with E-state index >= 15 is 0 Å². The Labute approximate surface area is 97.6 Å². The van der Waals surface area contributed by atoms with Crippen LogP contribution in [0.5, 0.6) is 0 Å². The number of nitrogens with zero attached hydrogens (tertiary/aromatic N) is 1. The van der Waals surface area contributed by atoms with E-state index in [1.807, 2.05) is 6.66 Å². The molecule has 16 heavy (non-hydrogen) atoms. The molecule has 0 aromatic heterocycles. The third kappa shape index (κ3) is 3.35. The molecule has 0 aromatic carbocycles. The Kier molecular flexibility index (Phi) is 3.82. The van der Waals surface area contributed by atoms with Crippen LogP contribution in [-0.4, -0.2) is 43.7 Å². The molecule has 0 amide bonds. The van der Waals surface area contributed by atoms with Crippen molar-refractivity contribution < 1.29 is 13.3 Å². The van der Waals surface area contributed by atoms with E-state index in [0.717, 1.165) is 13.2 Å². The quantitative estimate of drug-likeness (QED) is 0.697. The van der Waals surface area contributed by atoms with Crippen molar-refractivity contribution in [2.24, 2.45) is 5.41 Å². The maximum absolute atomic E-state index is 13.0. The lowest BCUT2D eigenvalue weighted by Gasteiger charge is -2.34. The van der Waals surface area contributed by atoms with Gasteiger partial charge in [0.1, 0.15) is 0 Å². The third-order valence-corrected chi connectivity index (χ3v) is 4.06. The number of piperidine rings is 1. The van der Waals surface area contributed by atoms with Gasteiger partial charge in [0.05, 0.1) is 6.61 Å².